The van der Waals surface area contributed by atoms with E-state index in [1.807, 2.05) is 27.8 Å². The van der Waals surface area contributed by atoms with Gasteiger partial charge in [0.05, 0.1) is 30.7 Å². The highest BCUT2D eigenvalue weighted by Gasteiger charge is 2.18. The summed E-state index contributed by atoms with van der Waals surface area (Å²) in [5, 5.41) is 10.7. The Morgan fingerprint density at radius 3 is 1.88 bits per heavy atom. The van der Waals surface area contributed by atoms with Crippen LogP contribution in [0.4, 0.5) is 22.9 Å². The lowest BCUT2D eigenvalue weighted by Gasteiger charge is -2.12. The predicted molar refractivity (Wildman–Crippen MR) is 192 cm³/mol. The summed E-state index contributed by atoms with van der Waals surface area (Å²) in [6.07, 6.45) is 10.3. The van der Waals surface area contributed by atoms with Gasteiger partial charge in [-0.25, -0.2) is 9.78 Å². The lowest BCUT2D eigenvalue weighted by molar-refractivity contribution is -0.116. The number of imidazole rings is 1. The zero-order chi connectivity index (χ0) is 37.5. The maximum atomic E-state index is 12.9. The maximum Gasteiger partial charge on any atom is 0.354 e. The van der Waals surface area contributed by atoms with Crippen LogP contribution >= 0.6 is 0 Å². The third kappa shape index (κ3) is 11.1. The number of carbonyl (C=O) groups excluding carboxylic acids is 5. The van der Waals surface area contributed by atoms with Gasteiger partial charge in [-0.2, -0.15) is 0 Å². The first kappa shape index (κ1) is 39.8. The molecule has 0 saturated carbocycles. The highest BCUT2D eigenvalue weighted by molar-refractivity contribution is 6.07. The minimum atomic E-state index is -0.429. The number of aliphatic imine (C=N–C) groups is 1. The summed E-state index contributed by atoms with van der Waals surface area (Å²) in [7, 11) is 9.99. The molecule has 0 fully saturated rings. The number of hydrogen-bond donors (Lipinski definition) is 4. The van der Waals surface area contributed by atoms with Crippen molar-refractivity contribution in [2.24, 2.45) is 33.2 Å². The Labute approximate surface area is 290 Å². The van der Waals surface area contributed by atoms with E-state index in [4.69, 9.17) is 0 Å². The molecular formula is C33H45N11O6. The molecule has 4 aromatic heterocycles. The monoisotopic (exact) mass is 691 g/mol. The van der Waals surface area contributed by atoms with Crippen LogP contribution in [0, 0.1) is 6.92 Å². The zero-order valence-corrected chi connectivity index (χ0v) is 29.8. The van der Waals surface area contributed by atoms with Crippen molar-refractivity contribution in [3.63, 3.8) is 0 Å². The third-order valence-electron chi connectivity index (χ3n) is 6.81. The number of methoxy groups -OCH3 is 1. The van der Waals surface area contributed by atoms with Gasteiger partial charge in [-0.15, -0.1) is 0 Å². The fourth-order valence-corrected chi connectivity index (χ4v) is 4.37. The molecule has 17 nitrogen and oxygen atoms in total. The third-order valence-corrected chi connectivity index (χ3v) is 6.81. The standard InChI is InChI=1S/C23H29N9O3.C8H10N2O3.C2H6/c1-15-25-20(13-30(15)4)28-23(35)19-10-17(12-32(19)6)27-22(34)18-9-16(11-31(18)5)26-21(33)14-29(3)8-7-24-2;1-10-4-6(9-5-11)3-7(10)8(12)13-2;1-2/h7-13H,2,14H2,1,3-6H3,(H,26,33)(H,27,34)(H,28,35);3-5H,1-2H3,(H,9,11);1-2H3/b8-7-;;. The number of anilines is 4. The van der Waals surface area contributed by atoms with Crippen LogP contribution in [0.3, 0.4) is 0 Å². The second kappa shape index (κ2) is 18.8. The Kier molecular flexibility index (Phi) is 15.0. The SMILES string of the molecule is C=N/C=C\N(C)CC(=O)Nc1cc(C(=O)Nc2cc(C(=O)Nc3cn(C)c(C)n3)n(C)c2)n(C)c1.CC.COC(=O)c1cc(NC=O)cn1C. The van der Waals surface area contributed by atoms with Gasteiger partial charge in [-0.05, 0) is 31.8 Å². The summed E-state index contributed by atoms with van der Waals surface area (Å²) in [6.45, 7) is 9.29. The van der Waals surface area contributed by atoms with Crippen LogP contribution in [0.25, 0.3) is 0 Å². The molecule has 0 saturated heterocycles. The molecule has 0 unspecified atom stereocenters. The second-order valence-electron chi connectivity index (χ2n) is 10.6. The van der Waals surface area contributed by atoms with Gasteiger partial charge in [0.2, 0.25) is 12.3 Å². The second-order valence-corrected chi connectivity index (χ2v) is 10.6. The van der Waals surface area contributed by atoms with Gasteiger partial charge in [0, 0.05) is 72.4 Å². The fraction of sp³-hybridized carbons (Fsp3) is 0.303. The van der Waals surface area contributed by atoms with E-state index in [0.29, 0.717) is 46.4 Å². The largest absolute Gasteiger partial charge is 0.464 e. The number of rotatable bonds is 12. The first-order valence-electron chi connectivity index (χ1n) is 15.3. The predicted octanol–water partition coefficient (Wildman–Crippen LogP) is 3.36. The normalized spacial score (nSPS) is 10.2. The number of carbonyl (C=O) groups is 5. The topological polar surface area (TPSA) is 191 Å². The maximum absolute atomic E-state index is 12.9. The summed E-state index contributed by atoms with van der Waals surface area (Å²) < 4.78 is 11.1. The summed E-state index contributed by atoms with van der Waals surface area (Å²) in [6, 6.07) is 4.70. The Balaban J connectivity index is 0.000000483. The minimum Gasteiger partial charge on any atom is -0.464 e. The number of esters is 1. The summed E-state index contributed by atoms with van der Waals surface area (Å²) in [5.41, 5.74) is 2.60. The van der Waals surface area contributed by atoms with Gasteiger partial charge in [-0.3, -0.25) is 24.2 Å². The van der Waals surface area contributed by atoms with Crippen LogP contribution in [0.15, 0.2) is 60.4 Å². The molecule has 4 aromatic rings. The number of hydrogen-bond acceptors (Lipinski definition) is 9. The number of nitrogens with one attached hydrogen (secondary N) is 4. The van der Waals surface area contributed by atoms with E-state index in [1.165, 1.54) is 13.3 Å². The van der Waals surface area contributed by atoms with Crippen molar-refractivity contribution < 1.29 is 28.7 Å². The lowest BCUT2D eigenvalue weighted by Crippen LogP contribution is -2.26. The van der Waals surface area contributed by atoms with E-state index in [-0.39, 0.29) is 24.3 Å². The van der Waals surface area contributed by atoms with Crippen LogP contribution in [0.5, 0.6) is 0 Å². The first-order valence-corrected chi connectivity index (χ1v) is 15.3. The van der Waals surface area contributed by atoms with Crippen LogP contribution < -0.4 is 21.3 Å². The van der Waals surface area contributed by atoms with E-state index in [0.717, 1.165) is 5.82 Å². The summed E-state index contributed by atoms with van der Waals surface area (Å²) in [4.78, 5) is 68.5. The molecule has 0 radical (unpaired) electrons. The Morgan fingerprint density at radius 1 is 0.840 bits per heavy atom. The molecule has 0 aliphatic carbocycles. The molecule has 50 heavy (non-hydrogen) atoms. The molecular weight excluding hydrogens is 646 g/mol. The molecule has 0 aliphatic rings. The number of nitrogens with zero attached hydrogens (tertiary/aromatic N) is 7. The zero-order valence-electron chi connectivity index (χ0n) is 29.8. The Hall–Kier alpha value is -6.39. The number of amides is 4. The van der Waals surface area contributed by atoms with Gasteiger partial charge >= 0.3 is 5.97 Å². The molecule has 17 heteroatoms. The molecule has 4 N–H and O–H groups in total. The number of likely N-dealkylation sites (N-methyl/N-ethyl adjacent to an activating group) is 1. The van der Waals surface area contributed by atoms with E-state index < -0.39 is 5.97 Å². The van der Waals surface area contributed by atoms with E-state index in [1.54, 1.807) is 101 Å². The molecule has 0 spiro atoms. The van der Waals surface area contributed by atoms with Crippen molar-refractivity contribution in [1.82, 2.24) is 28.2 Å². The molecule has 0 atom stereocenters. The van der Waals surface area contributed by atoms with Gasteiger partial charge < -0.3 is 49.2 Å². The van der Waals surface area contributed by atoms with E-state index in [9.17, 15) is 24.0 Å². The van der Waals surface area contributed by atoms with Crippen molar-refractivity contribution in [2.45, 2.75) is 20.8 Å². The Morgan fingerprint density at radius 2 is 1.36 bits per heavy atom. The smallest absolute Gasteiger partial charge is 0.354 e. The molecule has 268 valence electrons. The van der Waals surface area contributed by atoms with Crippen LogP contribution in [-0.4, -0.2) is 85.7 Å². The van der Waals surface area contributed by atoms with Crippen molar-refractivity contribution >= 4 is 59.7 Å². The highest BCUT2D eigenvalue weighted by Crippen LogP contribution is 2.19. The fourth-order valence-electron chi connectivity index (χ4n) is 4.37. The summed E-state index contributed by atoms with van der Waals surface area (Å²) in [5.74, 6) is -0.199. The lowest BCUT2D eigenvalue weighted by atomic mass is 10.3. The van der Waals surface area contributed by atoms with Gasteiger partial charge in [-0.1, -0.05) is 13.8 Å². The van der Waals surface area contributed by atoms with Gasteiger partial charge in [0.15, 0.2) is 5.82 Å². The molecule has 4 rings (SSSR count). The van der Waals surface area contributed by atoms with Crippen LogP contribution in [-0.2, 0) is 42.5 Å². The van der Waals surface area contributed by atoms with Crippen LogP contribution in [0.1, 0.15) is 51.1 Å². The quantitative estimate of drug-likeness (QED) is 0.0988. The summed E-state index contributed by atoms with van der Waals surface area (Å²) >= 11 is 0. The molecule has 0 bridgehead atoms. The number of aromatic nitrogens is 5. The van der Waals surface area contributed by atoms with Crippen LogP contribution in [0.2, 0.25) is 0 Å². The molecule has 4 heterocycles. The Bertz CT molecular complexity index is 1820. The molecule has 0 aliphatic heterocycles. The van der Waals surface area contributed by atoms with Crippen molar-refractivity contribution in [3.05, 3.63) is 78.3 Å². The van der Waals surface area contributed by atoms with E-state index >= 15 is 0 Å². The number of aryl methyl sites for hydroxylation is 5. The first-order chi connectivity index (χ1) is 23.8. The van der Waals surface area contributed by atoms with Gasteiger partial charge in [0.1, 0.15) is 22.9 Å². The van der Waals surface area contributed by atoms with Crippen molar-refractivity contribution in [3.8, 4) is 0 Å². The highest BCUT2D eigenvalue weighted by atomic mass is 16.5. The average Bonchev–Trinajstić information content (AvgIpc) is 3.82. The van der Waals surface area contributed by atoms with E-state index in [2.05, 4.69) is 42.7 Å². The number of ether oxygens (including phenoxy) is 1. The molecule has 4 amide bonds. The van der Waals surface area contributed by atoms with Gasteiger partial charge in [0.25, 0.3) is 11.8 Å². The van der Waals surface area contributed by atoms with Crippen molar-refractivity contribution in [2.75, 3.05) is 42.0 Å². The van der Waals surface area contributed by atoms with Crippen molar-refractivity contribution in [1.29, 1.82) is 0 Å². The molecule has 0 aromatic carbocycles. The minimum absolute atomic E-state index is 0.107. The average molecular weight is 692 g/mol.